The Labute approximate surface area is 74.7 Å². The average Bonchev–Trinajstić information content (AvgIpc) is 2.59. The van der Waals surface area contributed by atoms with E-state index in [1.54, 1.807) is 0 Å². The number of hydrogen-bond donors (Lipinski definition) is 0. The summed E-state index contributed by atoms with van der Waals surface area (Å²) >= 11 is 0. The molecule has 0 heterocycles. The molecule has 0 heteroatoms. The number of allylic oxidation sites excluding steroid dienone is 6. The first kappa shape index (κ1) is 7.85. The summed E-state index contributed by atoms with van der Waals surface area (Å²) in [6.07, 6.45) is 18.1. The zero-order chi connectivity index (χ0) is 8.23. The van der Waals surface area contributed by atoms with Crippen LogP contribution in [0.2, 0.25) is 0 Å². The fourth-order valence-corrected chi connectivity index (χ4v) is 2.08. The molecule has 0 saturated heterocycles. The normalized spacial score (nSPS) is 27.2. The van der Waals surface area contributed by atoms with Gasteiger partial charge in [-0.1, -0.05) is 43.2 Å². The van der Waals surface area contributed by atoms with E-state index in [4.69, 9.17) is 0 Å². The van der Waals surface area contributed by atoms with Crippen molar-refractivity contribution >= 4 is 0 Å². The van der Waals surface area contributed by atoms with Gasteiger partial charge in [0, 0.05) is 0 Å². The van der Waals surface area contributed by atoms with Gasteiger partial charge in [-0.2, -0.15) is 0 Å². The van der Waals surface area contributed by atoms with Gasteiger partial charge < -0.3 is 0 Å². The van der Waals surface area contributed by atoms with E-state index in [-0.39, 0.29) is 0 Å². The highest BCUT2D eigenvalue weighted by molar-refractivity contribution is 5.29. The predicted octanol–water partition coefficient (Wildman–Crippen LogP) is 3.62. The third kappa shape index (κ3) is 1.88. The summed E-state index contributed by atoms with van der Waals surface area (Å²) in [7, 11) is 0. The predicted molar refractivity (Wildman–Crippen MR) is 52.9 cm³/mol. The quantitative estimate of drug-likeness (QED) is 0.549. The molecule has 0 atom stereocenters. The summed E-state index contributed by atoms with van der Waals surface area (Å²) in [5, 5.41) is 0. The number of hydrogen-bond acceptors (Lipinski definition) is 0. The molecule has 0 aromatic rings. The lowest BCUT2D eigenvalue weighted by molar-refractivity contribution is 0.680. The van der Waals surface area contributed by atoms with Gasteiger partial charge >= 0.3 is 0 Å². The first-order valence-electron chi connectivity index (χ1n) is 4.99. The van der Waals surface area contributed by atoms with Crippen molar-refractivity contribution in [3.63, 3.8) is 0 Å². The highest BCUT2D eigenvalue weighted by Gasteiger charge is 2.12. The van der Waals surface area contributed by atoms with Crippen molar-refractivity contribution in [1.82, 2.24) is 0 Å². The summed E-state index contributed by atoms with van der Waals surface area (Å²) in [5.74, 6) is 0.885. The van der Waals surface area contributed by atoms with Gasteiger partial charge in [0.05, 0.1) is 0 Å². The van der Waals surface area contributed by atoms with Crippen molar-refractivity contribution in [2.45, 2.75) is 32.1 Å². The lowest BCUT2D eigenvalue weighted by Crippen LogP contribution is -1.90. The van der Waals surface area contributed by atoms with Gasteiger partial charge in [0.1, 0.15) is 0 Å². The standard InChI is InChI=1S/C12H16/c1-2-6-11(7-3-1)10-12-8-4-5-9-12/h1-3,6,10,12H,4-5,7-9H2. The van der Waals surface area contributed by atoms with E-state index in [0.29, 0.717) is 0 Å². The zero-order valence-electron chi connectivity index (χ0n) is 7.50. The summed E-state index contributed by atoms with van der Waals surface area (Å²) in [6, 6.07) is 0. The summed E-state index contributed by atoms with van der Waals surface area (Å²) in [6.45, 7) is 0. The van der Waals surface area contributed by atoms with Crippen LogP contribution in [-0.2, 0) is 0 Å². The van der Waals surface area contributed by atoms with Gasteiger partial charge in [-0.25, -0.2) is 0 Å². The van der Waals surface area contributed by atoms with Crippen LogP contribution < -0.4 is 0 Å². The van der Waals surface area contributed by atoms with Gasteiger partial charge in [-0.3, -0.25) is 0 Å². The Morgan fingerprint density at radius 3 is 2.67 bits per heavy atom. The molecule has 1 fully saturated rings. The first-order chi connectivity index (χ1) is 5.95. The summed E-state index contributed by atoms with van der Waals surface area (Å²) < 4.78 is 0. The molecule has 0 amide bonds. The molecule has 0 spiro atoms. The van der Waals surface area contributed by atoms with Crippen molar-refractivity contribution < 1.29 is 0 Å². The fourth-order valence-electron chi connectivity index (χ4n) is 2.08. The molecule has 2 aliphatic carbocycles. The smallest absolute Gasteiger partial charge is 0.00974 e. The van der Waals surface area contributed by atoms with E-state index in [0.717, 1.165) is 12.3 Å². The van der Waals surface area contributed by atoms with E-state index >= 15 is 0 Å². The zero-order valence-corrected chi connectivity index (χ0v) is 7.50. The Morgan fingerprint density at radius 2 is 2.00 bits per heavy atom. The average molecular weight is 160 g/mol. The lowest BCUT2D eigenvalue weighted by atomic mass is 10.00. The molecule has 0 radical (unpaired) electrons. The van der Waals surface area contributed by atoms with Crippen LogP contribution in [0.3, 0.4) is 0 Å². The minimum Gasteiger partial charge on any atom is -0.0801 e. The van der Waals surface area contributed by atoms with Crippen LogP contribution in [0.1, 0.15) is 32.1 Å². The lowest BCUT2D eigenvalue weighted by Gasteiger charge is -2.06. The Bertz CT molecular complexity index is 224. The molecule has 12 heavy (non-hydrogen) atoms. The third-order valence-corrected chi connectivity index (χ3v) is 2.76. The van der Waals surface area contributed by atoms with Crippen molar-refractivity contribution in [3.05, 3.63) is 36.0 Å². The van der Waals surface area contributed by atoms with Crippen LogP contribution in [0.15, 0.2) is 36.0 Å². The van der Waals surface area contributed by atoms with Gasteiger partial charge in [-0.05, 0) is 30.8 Å². The maximum atomic E-state index is 2.48. The molecular formula is C12H16. The Kier molecular flexibility index (Phi) is 2.45. The number of rotatable bonds is 1. The highest BCUT2D eigenvalue weighted by Crippen LogP contribution is 2.28. The first-order valence-corrected chi connectivity index (χ1v) is 4.99. The molecule has 0 nitrogen and oxygen atoms in total. The topological polar surface area (TPSA) is 0 Å². The van der Waals surface area contributed by atoms with E-state index in [1.807, 2.05) is 0 Å². The van der Waals surface area contributed by atoms with Crippen molar-refractivity contribution in [2.75, 3.05) is 0 Å². The second-order valence-corrected chi connectivity index (χ2v) is 3.78. The minimum absolute atomic E-state index is 0.885. The molecule has 2 aliphatic rings. The third-order valence-electron chi connectivity index (χ3n) is 2.76. The Hall–Kier alpha value is -0.780. The van der Waals surface area contributed by atoms with Gasteiger partial charge in [-0.15, -0.1) is 0 Å². The molecule has 0 bridgehead atoms. The monoisotopic (exact) mass is 160 g/mol. The van der Waals surface area contributed by atoms with Crippen molar-refractivity contribution in [2.24, 2.45) is 5.92 Å². The molecule has 2 rings (SSSR count). The van der Waals surface area contributed by atoms with Gasteiger partial charge in [0.15, 0.2) is 0 Å². The second-order valence-electron chi connectivity index (χ2n) is 3.78. The molecular weight excluding hydrogens is 144 g/mol. The molecule has 0 unspecified atom stereocenters. The fraction of sp³-hybridized carbons (Fsp3) is 0.500. The molecule has 1 saturated carbocycles. The maximum Gasteiger partial charge on any atom is -0.00974 e. The van der Waals surface area contributed by atoms with E-state index in [1.165, 1.54) is 31.3 Å². The van der Waals surface area contributed by atoms with E-state index in [2.05, 4.69) is 30.4 Å². The van der Waals surface area contributed by atoms with Gasteiger partial charge in [0.2, 0.25) is 0 Å². The van der Waals surface area contributed by atoms with E-state index < -0.39 is 0 Å². The van der Waals surface area contributed by atoms with Crippen LogP contribution in [0.5, 0.6) is 0 Å². The molecule has 0 aliphatic heterocycles. The van der Waals surface area contributed by atoms with Crippen LogP contribution in [0.25, 0.3) is 0 Å². The van der Waals surface area contributed by atoms with Crippen molar-refractivity contribution in [1.29, 1.82) is 0 Å². The SMILES string of the molecule is C1=CCC(=CC2CCCC2)C=C1. The molecule has 0 N–H and O–H groups in total. The molecule has 0 aromatic carbocycles. The van der Waals surface area contributed by atoms with Crippen LogP contribution in [0, 0.1) is 5.92 Å². The minimum atomic E-state index is 0.885. The van der Waals surface area contributed by atoms with Crippen LogP contribution in [0.4, 0.5) is 0 Å². The van der Waals surface area contributed by atoms with Crippen LogP contribution in [-0.4, -0.2) is 0 Å². The van der Waals surface area contributed by atoms with Crippen LogP contribution >= 0.6 is 0 Å². The summed E-state index contributed by atoms with van der Waals surface area (Å²) in [5.41, 5.74) is 1.52. The van der Waals surface area contributed by atoms with Crippen molar-refractivity contribution in [3.8, 4) is 0 Å². The van der Waals surface area contributed by atoms with E-state index in [9.17, 15) is 0 Å². The largest absolute Gasteiger partial charge is 0.0801 e. The van der Waals surface area contributed by atoms with Gasteiger partial charge in [0.25, 0.3) is 0 Å². The highest BCUT2D eigenvalue weighted by atomic mass is 14.2. The molecule has 64 valence electrons. The molecule has 0 aromatic heterocycles. The maximum absolute atomic E-state index is 2.48. The Balaban J connectivity index is 1.97. The second kappa shape index (κ2) is 3.75. The Morgan fingerprint density at radius 1 is 1.17 bits per heavy atom. The summed E-state index contributed by atoms with van der Waals surface area (Å²) in [4.78, 5) is 0.